The molecule has 0 unspecified atom stereocenters. The molecule has 1 saturated carbocycles. The van der Waals surface area contributed by atoms with Crippen molar-refractivity contribution in [1.82, 2.24) is 20.4 Å². The second-order valence-electron chi connectivity index (χ2n) is 6.93. The highest BCUT2D eigenvalue weighted by molar-refractivity contribution is 7.15. The summed E-state index contributed by atoms with van der Waals surface area (Å²) in [5.74, 6) is -0.462. The minimum atomic E-state index is -0.722. The molecule has 1 aliphatic carbocycles. The monoisotopic (exact) mass is 379 g/mol. The number of anilines is 1. The van der Waals surface area contributed by atoms with Gasteiger partial charge in [-0.05, 0) is 19.3 Å². The number of rotatable bonds is 8. The Morgan fingerprint density at radius 3 is 2.77 bits per heavy atom. The summed E-state index contributed by atoms with van der Waals surface area (Å²) in [6.07, 6.45) is 7.54. The van der Waals surface area contributed by atoms with Crippen LogP contribution >= 0.6 is 11.3 Å². The van der Waals surface area contributed by atoms with Crippen molar-refractivity contribution in [2.45, 2.75) is 70.3 Å². The number of unbranched alkanes of at least 4 members (excludes halogenated alkanes) is 2. The Balaban J connectivity index is 1.47. The molecule has 1 spiro atoms. The van der Waals surface area contributed by atoms with Gasteiger partial charge in [0.1, 0.15) is 10.5 Å². The average molecular weight is 379 g/mol. The maximum absolute atomic E-state index is 12.5. The molecule has 0 radical (unpaired) electrons. The second-order valence-corrected chi connectivity index (χ2v) is 7.99. The smallest absolute Gasteiger partial charge is 0.323 e. The highest BCUT2D eigenvalue weighted by atomic mass is 32.1. The molecule has 1 saturated heterocycles. The van der Waals surface area contributed by atoms with E-state index in [1.165, 1.54) is 16.2 Å². The normalized spacial score (nSPS) is 18.6. The SMILES string of the molecule is CCCCCc1nnc(NC(=O)CCN2C(=O)NC3(CCCC3)C2=O)s1. The lowest BCUT2D eigenvalue weighted by Gasteiger charge is -2.19. The van der Waals surface area contributed by atoms with E-state index in [0.717, 1.165) is 43.5 Å². The molecule has 3 rings (SSSR count). The number of hydrogen-bond acceptors (Lipinski definition) is 6. The summed E-state index contributed by atoms with van der Waals surface area (Å²) >= 11 is 1.37. The van der Waals surface area contributed by atoms with Gasteiger partial charge in [-0.15, -0.1) is 10.2 Å². The summed E-state index contributed by atoms with van der Waals surface area (Å²) in [7, 11) is 0. The first kappa shape index (κ1) is 18.8. The number of carbonyl (C=O) groups excluding carboxylic acids is 3. The van der Waals surface area contributed by atoms with E-state index in [1.807, 2.05) is 0 Å². The molecule has 0 atom stereocenters. The molecular formula is C17H25N5O3S. The standard InChI is InChI=1S/C17H25N5O3S/c1-2-3-4-7-13-20-21-15(26-13)18-12(23)8-11-22-14(24)17(19-16(22)25)9-5-6-10-17/h2-11H2,1H3,(H,19,25)(H,18,21,23). The molecule has 1 aromatic rings. The van der Waals surface area contributed by atoms with Crippen LogP contribution in [-0.2, 0) is 16.0 Å². The van der Waals surface area contributed by atoms with E-state index < -0.39 is 5.54 Å². The number of nitrogens with one attached hydrogen (secondary N) is 2. The van der Waals surface area contributed by atoms with Gasteiger partial charge in [-0.25, -0.2) is 4.79 Å². The van der Waals surface area contributed by atoms with Crippen LogP contribution in [0.2, 0.25) is 0 Å². The van der Waals surface area contributed by atoms with Crippen molar-refractivity contribution >= 4 is 34.3 Å². The number of imide groups is 1. The molecule has 2 N–H and O–H groups in total. The lowest BCUT2D eigenvalue weighted by atomic mass is 9.98. The molecule has 1 aliphatic heterocycles. The number of amides is 4. The van der Waals surface area contributed by atoms with Gasteiger partial charge in [-0.1, -0.05) is 43.9 Å². The van der Waals surface area contributed by atoms with Gasteiger partial charge in [0, 0.05) is 19.4 Å². The fourth-order valence-corrected chi connectivity index (χ4v) is 4.32. The lowest BCUT2D eigenvalue weighted by Crippen LogP contribution is -2.44. The van der Waals surface area contributed by atoms with Gasteiger partial charge in [0.05, 0.1) is 0 Å². The maximum Gasteiger partial charge on any atom is 0.325 e. The van der Waals surface area contributed by atoms with Crippen molar-refractivity contribution in [3.63, 3.8) is 0 Å². The first-order chi connectivity index (χ1) is 12.5. The number of nitrogens with zero attached hydrogens (tertiary/aromatic N) is 3. The van der Waals surface area contributed by atoms with E-state index in [9.17, 15) is 14.4 Å². The molecule has 9 heteroatoms. The van der Waals surface area contributed by atoms with E-state index in [0.29, 0.717) is 18.0 Å². The van der Waals surface area contributed by atoms with Crippen LogP contribution in [-0.4, -0.2) is 45.0 Å². The van der Waals surface area contributed by atoms with Crippen molar-refractivity contribution in [3.05, 3.63) is 5.01 Å². The molecule has 0 aromatic carbocycles. The van der Waals surface area contributed by atoms with Gasteiger partial charge >= 0.3 is 6.03 Å². The maximum atomic E-state index is 12.5. The number of aryl methyl sites for hydroxylation is 1. The highest BCUT2D eigenvalue weighted by Crippen LogP contribution is 2.35. The third-order valence-electron chi connectivity index (χ3n) is 4.97. The number of hydrogen-bond donors (Lipinski definition) is 2. The minimum Gasteiger partial charge on any atom is -0.323 e. The van der Waals surface area contributed by atoms with Gasteiger partial charge in [0.15, 0.2) is 0 Å². The number of urea groups is 1. The van der Waals surface area contributed by atoms with Crippen LogP contribution in [0.5, 0.6) is 0 Å². The summed E-state index contributed by atoms with van der Waals surface area (Å²) in [6, 6.07) is -0.390. The molecule has 8 nitrogen and oxygen atoms in total. The fourth-order valence-electron chi connectivity index (χ4n) is 3.52. The predicted molar refractivity (Wildman–Crippen MR) is 97.8 cm³/mol. The van der Waals surface area contributed by atoms with Gasteiger partial charge in [-0.3, -0.25) is 14.5 Å². The third-order valence-corrected chi connectivity index (χ3v) is 5.87. The van der Waals surface area contributed by atoms with Crippen molar-refractivity contribution in [2.75, 3.05) is 11.9 Å². The zero-order chi connectivity index (χ0) is 18.6. The third kappa shape index (κ3) is 4.03. The molecule has 26 heavy (non-hydrogen) atoms. The van der Waals surface area contributed by atoms with E-state index in [-0.39, 0.29) is 30.8 Å². The first-order valence-corrected chi connectivity index (χ1v) is 10.1. The van der Waals surface area contributed by atoms with Crippen LogP contribution in [0.1, 0.15) is 63.3 Å². The van der Waals surface area contributed by atoms with E-state index >= 15 is 0 Å². The Bertz CT molecular complexity index is 684. The summed E-state index contributed by atoms with van der Waals surface area (Å²) in [4.78, 5) is 37.9. The van der Waals surface area contributed by atoms with Crippen LogP contribution in [0, 0.1) is 0 Å². The zero-order valence-electron chi connectivity index (χ0n) is 15.0. The largest absolute Gasteiger partial charge is 0.325 e. The van der Waals surface area contributed by atoms with Crippen molar-refractivity contribution < 1.29 is 14.4 Å². The average Bonchev–Trinajstić information content (AvgIpc) is 3.30. The second kappa shape index (κ2) is 8.11. The molecular weight excluding hydrogens is 354 g/mol. The summed E-state index contributed by atoms with van der Waals surface area (Å²) < 4.78 is 0. The molecule has 1 aromatic heterocycles. The summed E-state index contributed by atoms with van der Waals surface area (Å²) in [5.41, 5.74) is -0.722. The summed E-state index contributed by atoms with van der Waals surface area (Å²) in [6.45, 7) is 2.23. The first-order valence-electron chi connectivity index (χ1n) is 9.30. The molecule has 4 amide bonds. The van der Waals surface area contributed by atoms with Crippen LogP contribution in [0.25, 0.3) is 0 Å². The van der Waals surface area contributed by atoms with Crippen LogP contribution in [0.15, 0.2) is 0 Å². The van der Waals surface area contributed by atoms with Crippen LogP contribution in [0.3, 0.4) is 0 Å². The minimum absolute atomic E-state index is 0.0555. The Morgan fingerprint density at radius 1 is 1.27 bits per heavy atom. The van der Waals surface area contributed by atoms with Gasteiger partial charge < -0.3 is 10.6 Å². The molecule has 142 valence electrons. The number of carbonyl (C=O) groups is 3. The van der Waals surface area contributed by atoms with Crippen molar-refractivity contribution in [1.29, 1.82) is 0 Å². The van der Waals surface area contributed by atoms with Crippen molar-refractivity contribution in [3.8, 4) is 0 Å². The lowest BCUT2D eigenvalue weighted by molar-refractivity contribution is -0.131. The topological polar surface area (TPSA) is 104 Å². The number of aromatic nitrogens is 2. The van der Waals surface area contributed by atoms with Gasteiger partial charge in [0.2, 0.25) is 11.0 Å². The molecule has 2 fully saturated rings. The van der Waals surface area contributed by atoms with Crippen LogP contribution < -0.4 is 10.6 Å². The fraction of sp³-hybridized carbons (Fsp3) is 0.706. The van der Waals surface area contributed by atoms with E-state index in [4.69, 9.17) is 0 Å². The van der Waals surface area contributed by atoms with E-state index in [1.54, 1.807) is 0 Å². The van der Waals surface area contributed by atoms with Crippen molar-refractivity contribution in [2.24, 2.45) is 0 Å². The Kier molecular flexibility index (Phi) is 5.85. The van der Waals surface area contributed by atoms with Crippen LogP contribution in [0.4, 0.5) is 9.93 Å². The Hall–Kier alpha value is -2.03. The molecule has 2 heterocycles. The van der Waals surface area contributed by atoms with E-state index in [2.05, 4.69) is 27.8 Å². The van der Waals surface area contributed by atoms with Gasteiger partial charge in [-0.2, -0.15) is 0 Å². The predicted octanol–water partition coefficient (Wildman–Crippen LogP) is 2.46. The molecule has 0 bridgehead atoms. The Labute approximate surface area is 156 Å². The molecule has 2 aliphatic rings. The quantitative estimate of drug-likeness (QED) is 0.533. The zero-order valence-corrected chi connectivity index (χ0v) is 15.9. The highest BCUT2D eigenvalue weighted by Gasteiger charge is 2.52. The van der Waals surface area contributed by atoms with Gasteiger partial charge in [0.25, 0.3) is 5.91 Å². The Morgan fingerprint density at radius 2 is 2.04 bits per heavy atom. The summed E-state index contributed by atoms with van der Waals surface area (Å²) in [5, 5.41) is 14.9.